The molecule has 0 saturated carbocycles. The highest BCUT2D eigenvalue weighted by atomic mass is 16.6. The van der Waals surface area contributed by atoms with Gasteiger partial charge in [-0.3, -0.25) is 10.1 Å². The summed E-state index contributed by atoms with van der Waals surface area (Å²) in [6, 6.07) is 10.5. The van der Waals surface area contributed by atoms with Gasteiger partial charge in [0.2, 0.25) is 6.54 Å². The van der Waals surface area contributed by atoms with Gasteiger partial charge in [0.15, 0.2) is 0 Å². The molecule has 0 aliphatic rings. The number of furan rings is 1. The molecule has 0 radical (unpaired) electrons. The van der Waals surface area contributed by atoms with Crippen LogP contribution in [0.4, 0.5) is 0 Å². The molecule has 0 saturated heterocycles. The lowest BCUT2D eigenvalue weighted by Gasteiger charge is -2.11. The molecule has 0 N–H and O–H groups in total. The van der Waals surface area contributed by atoms with Gasteiger partial charge in [-0.25, -0.2) is 0 Å². The SMILES string of the molecule is COc1ccc([C@@H](C[N+](=O)[O-])c2ccc(OC)o2)cc1. The normalized spacial score (nSPS) is 11.9. The molecule has 0 fully saturated rings. The van der Waals surface area contributed by atoms with E-state index >= 15 is 0 Å². The van der Waals surface area contributed by atoms with Crippen LogP contribution in [0.15, 0.2) is 40.8 Å². The fourth-order valence-corrected chi connectivity index (χ4v) is 1.98. The highest BCUT2D eigenvalue weighted by Gasteiger charge is 2.24. The van der Waals surface area contributed by atoms with Crippen LogP contribution in [0.1, 0.15) is 17.2 Å². The fraction of sp³-hybridized carbons (Fsp3) is 0.286. The summed E-state index contributed by atoms with van der Waals surface area (Å²) in [5.41, 5.74) is 0.791. The number of nitro groups is 1. The first-order valence-electron chi connectivity index (χ1n) is 6.03. The molecule has 1 heterocycles. The number of methoxy groups -OCH3 is 2. The Morgan fingerprint density at radius 2 is 1.85 bits per heavy atom. The van der Waals surface area contributed by atoms with Crippen molar-refractivity contribution < 1.29 is 18.8 Å². The van der Waals surface area contributed by atoms with Crippen LogP contribution in [0, 0.1) is 10.1 Å². The first-order valence-corrected chi connectivity index (χ1v) is 6.03. The molecule has 6 nitrogen and oxygen atoms in total. The second kappa shape index (κ2) is 6.10. The third kappa shape index (κ3) is 3.09. The summed E-state index contributed by atoms with van der Waals surface area (Å²) >= 11 is 0. The Balaban J connectivity index is 2.32. The van der Waals surface area contributed by atoms with Crippen LogP contribution < -0.4 is 9.47 Å². The first kappa shape index (κ1) is 13.9. The topological polar surface area (TPSA) is 74.7 Å². The average Bonchev–Trinajstić information content (AvgIpc) is 2.93. The van der Waals surface area contributed by atoms with E-state index in [0.29, 0.717) is 17.5 Å². The number of hydrogen-bond donors (Lipinski definition) is 0. The van der Waals surface area contributed by atoms with Gasteiger partial charge in [0.05, 0.1) is 14.2 Å². The van der Waals surface area contributed by atoms with Gasteiger partial charge in [-0.15, -0.1) is 0 Å². The molecule has 1 aromatic carbocycles. The number of nitrogens with zero attached hydrogens (tertiary/aromatic N) is 1. The van der Waals surface area contributed by atoms with Crippen LogP contribution in [-0.2, 0) is 0 Å². The zero-order valence-corrected chi connectivity index (χ0v) is 11.2. The standard InChI is InChI=1S/C14H15NO5/c1-18-11-5-3-10(4-6-11)12(9-15(16)17)13-7-8-14(19-2)20-13/h3-8,12H,9H2,1-2H3/t12-/m1/s1. The Bertz CT molecular complexity index is 576. The van der Waals surface area contributed by atoms with E-state index in [9.17, 15) is 10.1 Å². The zero-order valence-electron chi connectivity index (χ0n) is 11.2. The summed E-state index contributed by atoms with van der Waals surface area (Å²) in [4.78, 5) is 10.5. The molecule has 106 valence electrons. The second-order valence-electron chi connectivity index (χ2n) is 4.20. The monoisotopic (exact) mass is 277 g/mol. The molecule has 0 aliphatic carbocycles. The van der Waals surface area contributed by atoms with E-state index in [1.807, 2.05) is 0 Å². The van der Waals surface area contributed by atoms with E-state index in [1.165, 1.54) is 7.11 Å². The number of hydrogen-bond acceptors (Lipinski definition) is 5. The van der Waals surface area contributed by atoms with Crippen LogP contribution in [0.25, 0.3) is 0 Å². The third-order valence-electron chi connectivity index (χ3n) is 3.00. The van der Waals surface area contributed by atoms with Gasteiger partial charge in [-0.2, -0.15) is 0 Å². The summed E-state index contributed by atoms with van der Waals surface area (Å²) in [5.74, 6) is 1.08. The predicted octanol–water partition coefficient (Wildman–Crippen LogP) is 2.71. The number of rotatable bonds is 6. The molecule has 1 atom stereocenters. The van der Waals surface area contributed by atoms with Crippen molar-refractivity contribution in [3.05, 3.63) is 57.8 Å². The molecule has 20 heavy (non-hydrogen) atoms. The second-order valence-corrected chi connectivity index (χ2v) is 4.20. The molecule has 0 aliphatic heterocycles. The minimum Gasteiger partial charge on any atom is -0.497 e. The van der Waals surface area contributed by atoms with Crippen LogP contribution in [0.5, 0.6) is 11.7 Å². The molecule has 1 aromatic heterocycles. The number of ether oxygens (including phenoxy) is 2. The van der Waals surface area contributed by atoms with E-state index in [4.69, 9.17) is 13.9 Å². The maximum Gasteiger partial charge on any atom is 0.284 e. The lowest BCUT2D eigenvalue weighted by atomic mass is 9.96. The van der Waals surface area contributed by atoms with Crippen molar-refractivity contribution in [1.29, 1.82) is 0 Å². The summed E-state index contributed by atoms with van der Waals surface area (Å²) in [5, 5.41) is 10.9. The molecule has 0 bridgehead atoms. The van der Waals surface area contributed by atoms with Gasteiger partial charge < -0.3 is 13.9 Å². The molecular formula is C14H15NO5. The molecule has 0 unspecified atom stereocenters. The van der Waals surface area contributed by atoms with Crippen molar-refractivity contribution in [3.63, 3.8) is 0 Å². The zero-order chi connectivity index (χ0) is 14.5. The predicted molar refractivity (Wildman–Crippen MR) is 72.0 cm³/mol. The minimum atomic E-state index is -0.459. The quantitative estimate of drug-likeness (QED) is 0.599. The fourth-order valence-electron chi connectivity index (χ4n) is 1.98. The highest BCUT2D eigenvalue weighted by Crippen LogP contribution is 2.30. The Morgan fingerprint density at radius 1 is 1.15 bits per heavy atom. The van der Waals surface area contributed by atoms with Crippen molar-refractivity contribution in [2.24, 2.45) is 0 Å². The van der Waals surface area contributed by atoms with E-state index in [2.05, 4.69) is 0 Å². The average molecular weight is 277 g/mol. The highest BCUT2D eigenvalue weighted by molar-refractivity contribution is 5.34. The van der Waals surface area contributed by atoms with Crippen molar-refractivity contribution in [3.8, 4) is 11.7 Å². The lowest BCUT2D eigenvalue weighted by molar-refractivity contribution is -0.482. The van der Waals surface area contributed by atoms with E-state index < -0.39 is 5.92 Å². The minimum absolute atomic E-state index is 0.247. The van der Waals surface area contributed by atoms with Crippen molar-refractivity contribution in [1.82, 2.24) is 0 Å². The Morgan fingerprint density at radius 3 is 2.35 bits per heavy atom. The maximum absolute atomic E-state index is 10.9. The number of benzene rings is 1. The van der Waals surface area contributed by atoms with Gasteiger partial charge in [-0.1, -0.05) is 12.1 Å². The van der Waals surface area contributed by atoms with Gasteiger partial charge in [0.25, 0.3) is 5.95 Å². The lowest BCUT2D eigenvalue weighted by Crippen LogP contribution is -2.13. The summed E-state index contributed by atoms with van der Waals surface area (Å²) < 4.78 is 15.5. The molecule has 0 amide bonds. The van der Waals surface area contributed by atoms with Crippen LogP contribution in [0.3, 0.4) is 0 Å². The molecular weight excluding hydrogens is 262 g/mol. The molecule has 0 spiro atoms. The van der Waals surface area contributed by atoms with Crippen molar-refractivity contribution in [2.45, 2.75) is 5.92 Å². The molecule has 2 aromatic rings. The van der Waals surface area contributed by atoms with Crippen molar-refractivity contribution in [2.75, 3.05) is 20.8 Å². The van der Waals surface area contributed by atoms with Crippen LogP contribution in [-0.4, -0.2) is 25.7 Å². The van der Waals surface area contributed by atoms with Gasteiger partial charge in [0, 0.05) is 11.0 Å². The molecule has 2 rings (SSSR count). The van der Waals surface area contributed by atoms with Gasteiger partial charge >= 0.3 is 0 Å². The van der Waals surface area contributed by atoms with Crippen molar-refractivity contribution >= 4 is 0 Å². The van der Waals surface area contributed by atoms with E-state index in [-0.39, 0.29) is 11.5 Å². The molecule has 6 heteroatoms. The summed E-state index contributed by atoms with van der Waals surface area (Å²) in [6.07, 6.45) is 0. The van der Waals surface area contributed by atoms with E-state index in [1.54, 1.807) is 43.5 Å². The van der Waals surface area contributed by atoms with Gasteiger partial charge in [-0.05, 0) is 23.8 Å². The smallest absolute Gasteiger partial charge is 0.284 e. The first-order chi connectivity index (χ1) is 9.63. The maximum atomic E-state index is 10.9. The summed E-state index contributed by atoms with van der Waals surface area (Å²) in [6.45, 7) is -0.247. The Hall–Kier alpha value is -2.50. The van der Waals surface area contributed by atoms with E-state index in [0.717, 1.165) is 5.56 Å². The summed E-state index contributed by atoms with van der Waals surface area (Å²) in [7, 11) is 3.05. The van der Waals surface area contributed by atoms with Crippen LogP contribution >= 0.6 is 0 Å². The Labute approximate surface area is 116 Å². The van der Waals surface area contributed by atoms with Crippen LogP contribution in [0.2, 0.25) is 0 Å². The largest absolute Gasteiger partial charge is 0.497 e. The van der Waals surface area contributed by atoms with Gasteiger partial charge in [0.1, 0.15) is 17.4 Å². The Kier molecular flexibility index (Phi) is 4.24. The third-order valence-corrected chi connectivity index (χ3v) is 3.00.